The maximum absolute atomic E-state index is 10.3. The second kappa shape index (κ2) is 14.2. The average Bonchev–Trinajstić information content (AvgIpc) is 2.68. The Morgan fingerprint density at radius 2 is 1.04 bits per heavy atom. The Bertz CT molecular complexity index is 467. The van der Waals surface area contributed by atoms with Gasteiger partial charge in [0.05, 0.1) is 24.3 Å². The number of aromatic carboxylic acids is 2. The molecule has 0 spiro atoms. The molecule has 1 fully saturated rings. The molecule has 0 saturated heterocycles. The monoisotopic (exact) mass is 372 g/mol. The molecule has 1 aromatic rings. The van der Waals surface area contributed by atoms with Crippen LogP contribution >= 0.6 is 0 Å². The topological polar surface area (TPSA) is 156 Å². The number of benzene rings is 1. The van der Waals surface area contributed by atoms with Crippen LogP contribution in [0.25, 0.3) is 0 Å². The molecule has 2 atom stereocenters. The van der Waals surface area contributed by atoms with Crippen LogP contribution in [0.3, 0.4) is 0 Å². The van der Waals surface area contributed by atoms with E-state index >= 15 is 0 Å². The van der Waals surface area contributed by atoms with Crippen molar-refractivity contribution in [2.45, 2.75) is 25.7 Å². The van der Waals surface area contributed by atoms with Crippen molar-refractivity contribution in [1.82, 2.24) is 0 Å². The molecule has 0 heterocycles. The van der Waals surface area contributed by atoms with Crippen LogP contribution in [0, 0.1) is 11.8 Å². The van der Waals surface area contributed by atoms with Gasteiger partial charge in [-0.3, -0.25) is 0 Å². The summed E-state index contributed by atoms with van der Waals surface area (Å²) in [5.74, 6) is -1.38. The predicted octanol–water partition coefficient (Wildman–Crippen LogP) is 0.831. The third-order valence-corrected chi connectivity index (χ3v) is 4.01. The summed E-state index contributed by atoms with van der Waals surface area (Å²) in [5.41, 5.74) is 0.167. The van der Waals surface area contributed by atoms with Crippen molar-refractivity contribution >= 4 is 11.9 Å². The smallest absolute Gasteiger partial charge is 0.335 e. The average molecular weight is 372 g/mol. The fourth-order valence-corrected chi connectivity index (χ4v) is 2.52. The fraction of sp³-hybridized carbons (Fsp3) is 0.556. The molecule has 0 amide bonds. The highest BCUT2D eigenvalue weighted by molar-refractivity contribution is 5.91. The summed E-state index contributed by atoms with van der Waals surface area (Å²) in [4.78, 5) is 20.7. The Labute approximate surface area is 152 Å². The first-order valence-corrected chi connectivity index (χ1v) is 8.41. The molecule has 2 rings (SSSR count). The van der Waals surface area contributed by atoms with E-state index in [9.17, 15) is 9.59 Å². The molecule has 1 aliphatic rings. The molecule has 1 saturated carbocycles. The third-order valence-electron chi connectivity index (χ3n) is 4.01. The number of aliphatic hydroxyl groups is 4. The minimum Gasteiger partial charge on any atom is -0.478 e. The van der Waals surface area contributed by atoms with E-state index in [2.05, 4.69) is 0 Å². The van der Waals surface area contributed by atoms with Gasteiger partial charge in [-0.15, -0.1) is 0 Å². The summed E-state index contributed by atoms with van der Waals surface area (Å²) < 4.78 is 0. The summed E-state index contributed by atoms with van der Waals surface area (Å²) in [6.07, 6.45) is 4.65. The van der Waals surface area contributed by atoms with E-state index in [1.54, 1.807) is 0 Å². The van der Waals surface area contributed by atoms with Gasteiger partial charge in [0.25, 0.3) is 0 Å². The molecule has 26 heavy (non-hydrogen) atoms. The Balaban J connectivity index is 0.000000405. The van der Waals surface area contributed by atoms with Crippen LogP contribution in [0.2, 0.25) is 0 Å². The lowest BCUT2D eigenvalue weighted by atomic mass is 9.80. The Hall–Kier alpha value is -2.00. The highest BCUT2D eigenvalue weighted by Gasteiger charge is 2.23. The molecular formula is C18H28O8. The highest BCUT2D eigenvalue weighted by Crippen LogP contribution is 2.28. The summed E-state index contributed by atoms with van der Waals surface area (Å²) in [6, 6.07) is 5.02. The molecule has 0 radical (unpaired) electrons. The van der Waals surface area contributed by atoms with Crippen LogP contribution < -0.4 is 0 Å². The van der Waals surface area contributed by atoms with E-state index in [4.69, 9.17) is 30.6 Å². The van der Waals surface area contributed by atoms with Crippen LogP contribution in [-0.4, -0.2) is 69.0 Å². The van der Waals surface area contributed by atoms with Gasteiger partial charge in [-0.25, -0.2) is 9.59 Å². The van der Waals surface area contributed by atoms with Crippen molar-refractivity contribution in [3.05, 3.63) is 35.4 Å². The molecule has 8 heteroatoms. The summed E-state index contributed by atoms with van der Waals surface area (Å²) in [7, 11) is 0. The molecule has 6 N–H and O–H groups in total. The van der Waals surface area contributed by atoms with Crippen LogP contribution in [0.1, 0.15) is 46.4 Å². The van der Waals surface area contributed by atoms with Gasteiger partial charge in [-0.05, 0) is 48.9 Å². The van der Waals surface area contributed by atoms with Crippen molar-refractivity contribution in [3.8, 4) is 0 Å². The maximum atomic E-state index is 10.3. The van der Waals surface area contributed by atoms with Crippen molar-refractivity contribution in [3.63, 3.8) is 0 Å². The van der Waals surface area contributed by atoms with Crippen LogP contribution in [0.4, 0.5) is 0 Å². The van der Waals surface area contributed by atoms with Gasteiger partial charge in [0.2, 0.25) is 0 Å². The first kappa shape index (κ1) is 24.0. The standard InChI is InChI=1S/C8H6O4.C8H16O2.C2H6O2/c9-7(10)5-1-2-6(4-3-5)8(11)12;9-5-7-3-1-2-4-8(7)6-10;3-1-2-4/h1-4H,(H,9,10)(H,11,12);7-10H,1-6H2;3-4H,1-2H2. The van der Waals surface area contributed by atoms with Crippen molar-refractivity contribution < 1.29 is 40.2 Å². The minimum absolute atomic E-state index is 0.0833. The molecule has 0 aromatic heterocycles. The van der Waals surface area contributed by atoms with Gasteiger partial charge < -0.3 is 30.6 Å². The number of carbonyl (C=O) groups is 2. The summed E-state index contributed by atoms with van der Waals surface area (Å²) in [5, 5.41) is 49.9. The van der Waals surface area contributed by atoms with Gasteiger partial charge in [0.1, 0.15) is 0 Å². The molecule has 0 aliphatic heterocycles. The van der Waals surface area contributed by atoms with Crippen LogP contribution in [0.15, 0.2) is 24.3 Å². The Morgan fingerprint density at radius 3 is 1.23 bits per heavy atom. The van der Waals surface area contributed by atoms with E-state index in [0.29, 0.717) is 11.8 Å². The van der Waals surface area contributed by atoms with Crippen LogP contribution in [0.5, 0.6) is 0 Å². The zero-order valence-electron chi connectivity index (χ0n) is 14.6. The fourth-order valence-electron chi connectivity index (χ4n) is 2.52. The molecule has 1 aliphatic carbocycles. The lowest BCUT2D eigenvalue weighted by Crippen LogP contribution is -2.25. The van der Waals surface area contributed by atoms with E-state index < -0.39 is 11.9 Å². The second-order valence-electron chi connectivity index (χ2n) is 5.80. The van der Waals surface area contributed by atoms with E-state index in [0.717, 1.165) is 12.8 Å². The zero-order chi connectivity index (χ0) is 19.9. The summed E-state index contributed by atoms with van der Waals surface area (Å²) in [6.45, 7) is 0.260. The predicted molar refractivity (Wildman–Crippen MR) is 94.2 cm³/mol. The quantitative estimate of drug-likeness (QED) is 0.444. The number of aliphatic hydroxyl groups excluding tert-OH is 4. The Kier molecular flexibility index (Phi) is 13.1. The van der Waals surface area contributed by atoms with Crippen molar-refractivity contribution in [2.75, 3.05) is 26.4 Å². The van der Waals surface area contributed by atoms with E-state index in [1.165, 1.54) is 37.1 Å². The van der Waals surface area contributed by atoms with E-state index in [1.807, 2.05) is 0 Å². The lowest BCUT2D eigenvalue weighted by Gasteiger charge is -2.28. The van der Waals surface area contributed by atoms with Crippen molar-refractivity contribution in [1.29, 1.82) is 0 Å². The largest absolute Gasteiger partial charge is 0.478 e. The number of rotatable bonds is 5. The zero-order valence-corrected chi connectivity index (χ0v) is 14.6. The van der Waals surface area contributed by atoms with Crippen LogP contribution in [-0.2, 0) is 0 Å². The van der Waals surface area contributed by atoms with E-state index in [-0.39, 0.29) is 37.6 Å². The first-order chi connectivity index (χ1) is 12.4. The highest BCUT2D eigenvalue weighted by atomic mass is 16.4. The lowest BCUT2D eigenvalue weighted by molar-refractivity contribution is 0.0681. The number of hydrogen-bond acceptors (Lipinski definition) is 6. The second-order valence-corrected chi connectivity index (χ2v) is 5.80. The SMILES string of the molecule is O=C(O)c1ccc(C(=O)O)cc1.OCC1CCCCC1CO.OCCO. The van der Waals surface area contributed by atoms with Gasteiger partial charge in [0, 0.05) is 13.2 Å². The normalized spacial score (nSPS) is 18.6. The third kappa shape index (κ3) is 9.47. The van der Waals surface area contributed by atoms with Gasteiger partial charge in [-0.1, -0.05) is 12.8 Å². The molecule has 148 valence electrons. The Morgan fingerprint density at radius 1 is 0.731 bits per heavy atom. The maximum Gasteiger partial charge on any atom is 0.335 e. The molecule has 8 nitrogen and oxygen atoms in total. The first-order valence-electron chi connectivity index (χ1n) is 8.41. The number of carboxylic acid groups (broad SMARTS) is 2. The minimum atomic E-state index is -1.06. The molecule has 0 bridgehead atoms. The van der Waals surface area contributed by atoms with Gasteiger partial charge >= 0.3 is 11.9 Å². The molecule has 2 unspecified atom stereocenters. The number of hydrogen-bond donors (Lipinski definition) is 6. The number of carboxylic acids is 2. The van der Waals surface area contributed by atoms with Crippen molar-refractivity contribution in [2.24, 2.45) is 11.8 Å². The summed E-state index contributed by atoms with van der Waals surface area (Å²) >= 11 is 0. The van der Waals surface area contributed by atoms with Gasteiger partial charge in [0.15, 0.2) is 0 Å². The van der Waals surface area contributed by atoms with Gasteiger partial charge in [-0.2, -0.15) is 0 Å². The molecule has 1 aromatic carbocycles. The molecular weight excluding hydrogens is 344 g/mol.